The van der Waals surface area contributed by atoms with Crippen molar-refractivity contribution in [3.05, 3.63) is 58.6 Å². The fourth-order valence-corrected chi connectivity index (χ4v) is 5.43. The lowest BCUT2D eigenvalue weighted by Crippen LogP contribution is -2.40. The van der Waals surface area contributed by atoms with Crippen molar-refractivity contribution >= 4 is 33.2 Å². The van der Waals surface area contributed by atoms with Crippen molar-refractivity contribution in [2.75, 3.05) is 24.4 Å². The van der Waals surface area contributed by atoms with E-state index in [2.05, 4.69) is 21.9 Å². The number of likely N-dealkylation sites (tertiary alicyclic amines) is 1. The van der Waals surface area contributed by atoms with Crippen LogP contribution in [0.4, 0.5) is 5.69 Å². The highest BCUT2D eigenvalue weighted by Crippen LogP contribution is 2.26. The minimum atomic E-state index is -3.76. The molecule has 1 aliphatic rings. The quantitative estimate of drug-likeness (QED) is 0.507. The Kier molecular flexibility index (Phi) is 8.57. The monoisotopic (exact) mass is 477 g/mol. The topological polar surface area (TPSA) is 78.5 Å². The molecule has 1 saturated heterocycles. The second-order valence-electron chi connectivity index (χ2n) is 8.32. The maximum Gasteiger partial charge on any atom is 0.261 e. The molecule has 1 fully saturated rings. The van der Waals surface area contributed by atoms with Crippen molar-refractivity contribution in [1.29, 1.82) is 0 Å². The van der Waals surface area contributed by atoms with Crippen molar-refractivity contribution in [1.82, 2.24) is 10.2 Å². The Hall–Kier alpha value is -2.09. The number of carbonyl (C=O) groups excluding carboxylic acids is 1. The maximum absolute atomic E-state index is 12.6. The van der Waals surface area contributed by atoms with Crippen LogP contribution in [0.15, 0.2) is 47.4 Å². The molecule has 2 aromatic rings. The molecule has 0 radical (unpaired) electrons. The molecule has 0 saturated carbocycles. The minimum absolute atomic E-state index is 0.153. The molecule has 3 rings (SSSR count). The number of piperidine rings is 1. The summed E-state index contributed by atoms with van der Waals surface area (Å²) in [6, 6.07) is 11.8. The van der Waals surface area contributed by atoms with E-state index in [1.54, 1.807) is 30.3 Å². The van der Waals surface area contributed by atoms with E-state index in [9.17, 15) is 13.2 Å². The van der Waals surface area contributed by atoms with Crippen LogP contribution in [0.1, 0.15) is 54.9 Å². The van der Waals surface area contributed by atoms with Crippen LogP contribution in [-0.2, 0) is 10.0 Å². The average Bonchev–Trinajstić information content (AvgIpc) is 2.78. The van der Waals surface area contributed by atoms with Gasteiger partial charge in [0, 0.05) is 24.7 Å². The van der Waals surface area contributed by atoms with Gasteiger partial charge in [0.15, 0.2) is 0 Å². The van der Waals surface area contributed by atoms with Gasteiger partial charge < -0.3 is 10.2 Å². The van der Waals surface area contributed by atoms with Crippen LogP contribution in [-0.4, -0.2) is 44.9 Å². The molecule has 8 heteroatoms. The van der Waals surface area contributed by atoms with E-state index < -0.39 is 10.0 Å². The summed E-state index contributed by atoms with van der Waals surface area (Å²) in [4.78, 5) is 15.2. The average molecular weight is 478 g/mol. The number of halogens is 1. The first-order valence-corrected chi connectivity index (χ1v) is 13.1. The lowest BCUT2D eigenvalue weighted by Gasteiger charge is -2.35. The molecule has 1 atom stereocenters. The van der Waals surface area contributed by atoms with Crippen LogP contribution < -0.4 is 10.0 Å². The predicted octanol–water partition coefficient (Wildman–Crippen LogP) is 4.83. The summed E-state index contributed by atoms with van der Waals surface area (Å²) in [5, 5.41) is 3.11. The molecule has 0 aromatic heterocycles. The highest BCUT2D eigenvalue weighted by Gasteiger charge is 2.20. The van der Waals surface area contributed by atoms with Crippen LogP contribution in [0, 0.1) is 6.92 Å². The number of nitrogens with zero attached hydrogens (tertiary/aromatic N) is 1. The largest absolute Gasteiger partial charge is 0.352 e. The number of amides is 1. The Balaban J connectivity index is 1.53. The number of nitrogens with one attached hydrogen (secondary N) is 2. The van der Waals surface area contributed by atoms with Gasteiger partial charge in [0.1, 0.15) is 0 Å². The lowest BCUT2D eigenvalue weighted by molar-refractivity contribution is 0.0947. The SMILES string of the molecule is CCC1CCCCN1CCCNC(=O)c1ccc(NS(=O)(=O)c2ccc(C)cc2)c(Cl)c1. The molecule has 174 valence electrons. The van der Waals surface area contributed by atoms with Crippen LogP contribution in [0.3, 0.4) is 0 Å². The van der Waals surface area contributed by atoms with Crippen LogP contribution in [0.25, 0.3) is 0 Å². The van der Waals surface area contributed by atoms with Gasteiger partial charge in [0.25, 0.3) is 15.9 Å². The fraction of sp³-hybridized carbons (Fsp3) is 0.458. The van der Waals surface area contributed by atoms with Crippen molar-refractivity contribution < 1.29 is 13.2 Å². The highest BCUT2D eigenvalue weighted by molar-refractivity contribution is 7.92. The van der Waals surface area contributed by atoms with E-state index in [1.165, 1.54) is 37.8 Å². The fourth-order valence-electron chi connectivity index (χ4n) is 4.06. The van der Waals surface area contributed by atoms with Gasteiger partial charge in [-0.2, -0.15) is 0 Å². The highest BCUT2D eigenvalue weighted by atomic mass is 35.5. The van der Waals surface area contributed by atoms with Gasteiger partial charge in [-0.25, -0.2) is 8.42 Å². The van der Waals surface area contributed by atoms with E-state index in [1.807, 2.05) is 6.92 Å². The number of anilines is 1. The molecular weight excluding hydrogens is 446 g/mol. The molecule has 1 heterocycles. The summed E-state index contributed by atoms with van der Waals surface area (Å²) < 4.78 is 27.7. The number of aryl methyl sites for hydroxylation is 1. The summed E-state index contributed by atoms with van der Waals surface area (Å²) in [5.74, 6) is -0.217. The Morgan fingerprint density at radius 2 is 1.91 bits per heavy atom. The summed E-state index contributed by atoms with van der Waals surface area (Å²) in [6.45, 7) is 6.84. The normalized spacial score (nSPS) is 17.2. The van der Waals surface area contributed by atoms with Crippen LogP contribution >= 0.6 is 11.6 Å². The maximum atomic E-state index is 12.6. The lowest BCUT2D eigenvalue weighted by atomic mass is 10.00. The second kappa shape index (κ2) is 11.2. The molecule has 1 amide bonds. The molecule has 0 spiro atoms. The number of carbonyl (C=O) groups is 1. The molecule has 2 N–H and O–H groups in total. The first-order valence-electron chi connectivity index (χ1n) is 11.2. The number of hydrogen-bond acceptors (Lipinski definition) is 4. The van der Waals surface area contributed by atoms with Crippen molar-refractivity contribution in [3.63, 3.8) is 0 Å². The molecule has 0 aliphatic carbocycles. The smallest absolute Gasteiger partial charge is 0.261 e. The third-order valence-corrected chi connectivity index (χ3v) is 7.63. The Morgan fingerprint density at radius 1 is 1.16 bits per heavy atom. The zero-order chi connectivity index (χ0) is 23.1. The van der Waals surface area contributed by atoms with E-state index in [0.717, 1.165) is 25.1 Å². The zero-order valence-corrected chi connectivity index (χ0v) is 20.3. The van der Waals surface area contributed by atoms with E-state index >= 15 is 0 Å². The molecule has 1 aliphatic heterocycles. The van der Waals surface area contributed by atoms with Gasteiger partial charge in [-0.3, -0.25) is 9.52 Å². The molecule has 2 aromatic carbocycles. The molecule has 1 unspecified atom stereocenters. The Labute approximate surface area is 196 Å². The molecular formula is C24H32ClN3O3S. The second-order valence-corrected chi connectivity index (χ2v) is 10.4. The van der Waals surface area contributed by atoms with Crippen LogP contribution in [0.2, 0.25) is 5.02 Å². The Bertz CT molecular complexity index is 1030. The summed E-state index contributed by atoms with van der Waals surface area (Å²) >= 11 is 6.27. The predicted molar refractivity (Wildman–Crippen MR) is 130 cm³/mol. The molecule has 0 bridgehead atoms. The van der Waals surface area contributed by atoms with Gasteiger partial charge >= 0.3 is 0 Å². The van der Waals surface area contributed by atoms with Gasteiger partial charge in [0.2, 0.25) is 0 Å². The van der Waals surface area contributed by atoms with Crippen molar-refractivity contribution in [2.24, 2.45) is 0 Å². The van der Waals surface area contributed by atoms with Gasteiger partial charge in [-0.05, 0) is 69.5 Å². The third kappa shape index (κ3) is 6.47. The van der Waals surface area contributed by atoms with Crippen LogP contribution in [0.5, 0.6) is 0 Å². The van der Waals surface area contributed by atoms with E-state index in [0.29, 0.717) is 18.2 Å². The Morgan fingerprint density at radius 3 is 2.59 bits per heavy atom. The van der Waals surface area contributed by atoms with Gasteiger partial charge in [0.05, 0.1) is 15.6 Å². The van der Waals surface area contributed by atoms with E-state index in [4.69, 9.17) is 11.6 Å². The number of sulfonamides is 1. The number of benzene rings is 2. The zero-order valence-electron chi connectivity index (χ0n) is 18.7. The third-order valence-electron chi connectivity index (χ3n) is 5.93. The molecule has 32 heavy (non-hydrogen) atoms. The standard InChI is InChI=1S/C24H32ClN3O3S/c1-3-20-7-4-5-15-28(20)16-6-14-26-24(29)19-10-13-23(22(25)17-19)27-32(30,31)21-11-8-18(2)9-12-21/h8-13,17,20,27H,3-7,14-16H2,1-2H3,(H,26,29). The van der Waals surface area contributed by atoms with Gasteiger partial charge in [-0.1, -0.05) is 42.6 Å². The number of hydrogen-bond donors (Lipinski definition) is 2. The van der Waals surface area contributed by atoms with Crippen molar-refractivity contribution in [3.8, 4) is 0 Å². The molecule has 6 nitrogen and oxygen atoms in total. The van der Waals surface area contributed by atoms with Crippen molar-refractivity contribution in [2.45, 2.75) is 56.9 Å². The van der Waals surface area contributed by atoms with Gasteiger partial charge in [-0.15, -0.1) is 0 Å². The summed E-state index contributed by atoms with van der Waals surface area (Å²) in [6.07, 6.45) is 5.89. The summed E-state index contributed by atoms with van der Waals surface area (Å²) in [7, 11) is -3.76. The van der Waals surface area contributed by atoms with E-state index in [-0.39, 0.29) is 21.5 Å². The first-order chi connectivity index (χ1) is 15.3. The first kappa shape index (κ1) is 24.6. The minimum Gasteiger partial charge on any atom is -0.352 e. The number of rotatable bonds is 9. The summed E-state index contributed by atoms with van der Waals surface area (Å²) in [5.41, 5.74) is 1.61.